The Morgan fingerprint density at radius 3 is 1.89 bits per heavy atom. The predicted octanol–water partition coefficient (Wildman–Crippen LogP) is 3.37. The van der Waals surface area contributed by atoms with Gasteiger partial charge in [0.05, 0.1) is 24.0 Å². The van der Waals surface area contributed by atoms with Crippen LogP contribution in [0.25, 0.3) is 0 Å². The molecule has 0 fully saturated rings. The van der Waals surface area contributed by atoms with Gasteiger partial charge in [-0.2, -0.15) is 0 Å². The molecule has 0 saturated heterocycles. The predicted molar refractivity (Wildman–Crippen MR) is 80.3 cm³/mol. The van der Waals surface area contributed by atoms with E-state index in [1.165, 1.54) is 0 Å². The van der Waals surface area contributed by atoms with Crippen LogP contribution < -0.4 is 0 Å². The van der Waals surface area contributed by atoms with Gasteiger partial charge >= 0.3 is 0 Å². The van der Waals surface area contributed by atoms with Crippen LogP contribution in [0, 0.1) is 0 Å². The van der Waals surface area contributed by atoms with Crippen LogP contribution in [-0.4, -0.2) is 24.0 Å². The van der Waals surface area contributed by atoms with Crippen LogP contribution in [0.15, 0.2) is 70.6 Å². The van der Waals surface area contributed by atoms with Gasteiger partial charge in [-0.3, -0.25) is 9.98 Å². The summed E-state index contributed by atoms with van der Waals surface area (Å²) in [6.45, 7) is 2.87. The SMILES string of the molecule is C[C@H]1CN=C(c2ccccc2)C(c2ccccc2)=N1. The Morgan fingerprint density at radius 1 is 0.789 bits per heavy atom. The second-order valence-electron chi connectivity index (χ2n) is 4.75. The van der Waals surface area contributed by atoms with Crippen molar-refractivity contribution < 1.29 is 0 Å². The minimum atomic E-state index is 0.252. The molecule has 3 rings (SSSR count). The van der Waals surface area contributed by atoms with Crippen molar-refractivity contribution in [3.8, 4) is 0 Å². The van der Waals surface area contributed by atoms with Crippen molar-refractivity contribution >= 4 is 11.4 Å². The van der Waals surface area contributed by atoms with Gasteiger partial charge in [-0.25, -0.2) is 0 Å². The molecule has 1 heterocycles. The molecule has 0 aromatic heterocycles. The molecule has 94 valence electrons. The van der Waals surface area contributed by atoms with E-state index in [-0.39, 0.29) is 6.04 Å². The van der Waals surface area contributed by atoms with Gasteiger partial charge in [0.2, 0.25) is 0 Å². The Balaban J connectivity index is 2.07. The third-order valence-corrected chi connectivity index (χ3v) is 3.18. The second-order valence-corrected chi connectivity index (χ2v) is 4.75. The minimum absolute atomic E-state index is 0.252. The smallest absolute Gasteiger partial charge is 0.0908 e. The van der Waals surface area contributed by atoms with E-state index in [4.69, 9.17) is 9.98 Å². The van der Waals surface area contributed by atoms with E-state index in [9.17, 15) is 0 Å². The van der Waals surface area contributed by atoms with Crippen molar-refractivity contribution in [1.82, 2.24) is 0 Å². The molecule has 0 spiro atoms. The lowest BCUT2D eigenvalue weighted by Gasteiger charge is -2.18. The van der Waals surface area contributed by atoms with Crippen molar-refractivity contribution in [1.29, 1.82) is 0 Å². The van der Waals surface area contributed by atoms with Crippen LogP contribution in [0.5, 0.6) is 0 Å². The molecular weight excluding hydrogens is 232 g/mol. The zero-order chi connectivity index (χ0) is 13.1. The molecule has 2 aromatic carbocycles. The van der Waals surface area contributed by atoms with E-state index in [1.54, 1.807) is 0 Å². The average Bonchev–Trinajstić information content (AvgIpc) is 2.49. The Kier molecular flexibility index (Phi) is 3.23. The highest BCUT2D eigenvalue weighted by Crippen LogP contribution is 2.15. The number of nitrogens with zero attached hydrogens (tertiary/aromatic N) is 2. The summed E-state index contributed by atoms with van der Waals surface area (Å²) in [6, 6.07) is 20.8. The van der Waals surface area contributed by atoms with Crippen LogP contribution in [0.1, 0.15) is 18.1 Å². The fourth-order valence-corrected chi connectivity index (χ4v) is 2.25. The summed E-state index contributed by atoms with van der Waals surface area (Å²) in [6.07, 6.45) is 0. The van der Waals surface area contributed by atoms with Crippen molar-refractivity contribution in [3.63, 3.8) is 0 Å². The molecule has 1 atom stereocenters. The zero-order valence-corrected chi connectivity index (χ0v) is 11.0. The monoisotopic (exact) mass is 248 g/mol. The maximum absolute atomic E-state index is 4.80. The van der Waals surface area contributed by atoms with E-state index in [2.05, 4.69) is 31.2 Å². The van der Waals surface area contributed by atoms with Crippen molar-refractivity contribution in [2.45, 2.75) is 13.0 Å². The fourth-order valence-electron chi connectivity index (χ4n) is 2.25. The van der Waals surface area contributed by atoms with E-state index in [1.807, 2.05) is 36.4 Å². The number of hydrogen-bond donors (Lipinski definition) is 0. The van der Waals surface area contributed by atoms with Crippen LogP contribution in [0.2, 0.25) is 0 Å². The third kappa shape index (κ3) is 2.48. The Morgan fingerprint density at radius 2 is 1.32 bits per heavy atom. The molecule has 2 aromatic rings. The summed E-state index contributed by atoms with van der Waals surface area (Å²) in [7, 11) is 0. The Labute approximate surface area is 113 Å². The van der Waals surface area contributed by atoms with Gasteiger partial charge in [0.1, 0.15) is 0 Å². The summed E-state index contributed by atoms with van der Waals surface area (Å²) < 4.78 is 0. The summed E-state index contributed by atoms with van der Waals surface area (Å²) in [5.41, 5.74) is 4.28. The summed E-state index contributed by atoms with van der Waals surface area (Å²) in [4.78, 5) is 9.52. The summed E-state index contributed by atoms with van der Waals surface area (Å²) in [5.74, 6) is 0. The molecule has 0 bridgehead atoms. The minimum Gasteiger partial charge on any atom is -0.280 e. The van der Waals surface area contributed by atoms with Gasteiger partial charge in [-0.1, -0.05) is 60.7 Å². The molecule has 1 aliphatic rings. The van der Waals surface area contributed by atoms with E-state index in [0.717, 1.165) is 29.1 Å². The van der Waals surface area contributed by atoms with Gasteiger partial charge in [0.15, 0.2) is 0 Å². The highest BCUT2D eigenvalue weighted by molar-refractivity contribution is 6.53. The highest BCUT2D eigenvalue weighted by Gasteiger charge is 2.18. The molecule has 0 radical (unpaired) electrons. The number of rotatable bonds is 2. The van der Waals surface area contributed by atoms with Crippen LogP contribution in [0.3, 0.4) is 0 Å². The summed E-state index contributed by atoms with van der Waals surface area (Å²) in [5, 5.41) is 0. The first-order chi connectivity index (χ1) is 9.34. The molecule has 0 saturated carbocycles. The van der Waals surface area contributed by atoms with Gasteiger partial charge < -0.3 is 0 Å². The molecule has 2 nitrogen and oxygen atoms in total. The maximum atomic E-state index is 4.80. The van der Waals surface area contributed by atoms with Gasteiger partial charge in [-0.15, -0.1) is 0 Å². The Hall–Kier alpha value is -2.22. The lowest BCUT2D eigenvalue weighted by molar-refractivity contribution is 0.750. The van der Waals surface area contributed by atoms with Crippen molar-refractivity contribution in [2.75, 3.05) is 6.54 Å². The summed E-state index contributed by atoms with van der Waals surface area (Å²) >= 11 is 0. The van der Waals surface area contributed by atoms with Gasteiger partial charge in [0, 0.05) is 11.1 Å². The van der Waals surface area contributed by atoms with Crippen molar-refractivity contribution in [2.24, 2.45) is 9.98 Å². The normalized spacial score (nSPS) is 18.7. The fraction of sp³-hybridized carbons (Fsp3) is 0.176. The topological polar surface area (TPSA) is 24.7 Å². The lowest BCUT2D eigenvalue weighted by atomic mass is 9.98. The molecule has 2 heteroatoms. The first-order valence-corrected chi connectivity index (χ1v) is 6.58. The van der Waals surface area contributed by atoms with Gasteiger partial charge in [-0.05, 0) is 6.92 Å². The molecular formula is C17H16N2. The molecule has 19 heavy (non-hydrogen) atoms. The molecule has 0 aliphatic carbocycles. The highest BCUT2D eigenvalue weighted by atomic mass is 14.9. The number of benzene rings is 2. The lowest BCUT2D eigenvalue weighted by Crippen LogP contribution is -2.26. The first-order valence-electron chi connectivity index (χ1n) is 6.58. The third-order valence-electron chi connectivity index (χ3n) is 3.18. The van der Waals surface area contributed by atoms with E-state index in [0.29, 0.717) is 0 Å². The van der Waals surface area contributed by atoms with Crippen LogP contribution in [0.4, 0.5) is 0 Å². The molecule has 0 amide bonds. The van der Waals surface area contributed by atoms with E-state index < -0.39 is 0 Å². The average molecular weight is 248 g/mol. The maximum Gasteiger partial charge on any atom is 0.0908 e. The number of hydrogen-bond acceptors (Lipinski definition) is 2. The second kappa shape index (κ2) is 5.19. The molecule has 0 N–H and O–H groups in total. The van der Waals surface area contributed by atoms with E-state index >= 15 is 0 Å². The molecule has 1 aliphatic heterocycles. The number of aliphatic imine (C=N–C) groups is 2. The Bertz CT molecular complexity index is 612. The van der Waals surface area contributed by atoms with Crippen LogP contribution in [-0.2, 0) is 0 Å². The van der Waals surface area contributed by atoms with Crippen molar-refractivity contribution in [3.05, 3.63) is 71.8 Å². The largest absolute Gasteiger partial charge is 0.280 e. The quantitative estimate of drug-likeness (QED) is 0.778. The molecule has 0 unspecified atom stereocenters. The zero-order valence-electron chi connectivity index (χ0n) is 11.0. The standard InChI is InChI=1S/C17H16N2/c1-13-12-18-16(14-8-4-2-5-9-14)17(19-13)15-10-6-3-7-11-15/h2-11,13H,12H2,1H3/t13-/m0/s1. The first kappa shape index (κ1) is 11.8. The van der Waals surface area contributed by atoms with Gasteiger partial charge in [0.25, 0.3) is 0 Å². The van der Waals surface area contributed by atoms with Crippen LogP contribution >= 0.6 is 0 Å².